The van der Waals surface area contributed by atoms with Crippen LogP contribution in [0.1, 0.15) is 68.7 Å². The molecule has 0 saturated carbocycles. The molecule has 1 atom stereocenters. The molecule has 4 aromatic rings. The van der Waals surface area contributed by atoms with Crippen LogP contribution in [0, 0.1) is 0 Å². The summed E-state index contributed by atoms with van der Waals surface area (Å²) >= 11 is 0. The fraction of sp³-hybridized carbons (Fsp3) is 0.371. The Bertz CT molecular complexity index is 1680. The molecule has 1 N–H and O–H groups in total. The second-order valence-electron chi connectivity index (χ2n) is 11.8. The highest BCUT2D eigenvalue weighted by Gasteiger charge is 2.48. The number of carbonyl (C=O) groups is 2. The van der Waals surface area contributed by atoms with Crippen LogP contribution in [0.5, 0.6) is 11.6 Å². The van der Waals surface area contributed by atoms with Crippen molar-refractivity contribution in [3.05, 3.63) is 95.3 Å². The van der Waals surface area contributed by atoms with Crippen molar-refractivity contribution in [1.82, 2.24) is 20.2 Å². The van der Waals surface area contributed by atoms with E-state index < -0.39 is 23.3 Å². The highest BCUT2D eigenvalue weighted by Crippen LogP contribution is 2.38. The number of aromatic nitrogens is 2. The third-order valence-electron chi connectivity index (χ3n) is 7.93. The number of unbranched alkanes of at least 4 members (excludes halogenated alkanes) is 3. The quantitative estimate of drug-likeness (QED) is 0.121. The molecule has 242 valence electrons. The highest BCUT2D eigenvalue weighted by molar-refractivity contribution is 6.07. The Morgan fingerprint density at radius 2 is 1.67 bits per heavy atom. The van der Waals surface area contributed by atoms with Gasteiger partial charge in [0.05, 0.1) is 23.8 Å². The second kappa shape index (κ2) is 13.8. The zero-order chi connectivity index (χ0) is 32.9. The number of halogens is 3. The van der Waals surface area contributed by atoms with Gasteiger partial charge in [0.15, 0.2) is 0 Å². The summed E-state index contributed by atoms with van der Waals surface area (Å²) in [6.45, 7) is 6.01. The molecular weight excluding hydrogens is 597 g/mol. The van der Waals surface area contributed by atoms with Gasteiger partial charge in [-0.25, -0.2) is 9.78 Å². The highest BCUT2D eigenvalue weighted by atomic mass is 19.4. The smallest absolute Gasteiger partial charge is 0.418 e. The molecule has 8 nitrogen and oxygen atoms in total. The third kappa shape index (κ3) is 7.24. The van der Waals surface area contributed by atoms with Crippen molar-refractivity contribution in [2.45, 2.75) is 70.7 Å². The van der Waals surface area contributed by atoms with Gasteiger partial charge < -0.3 is 14.8 Å². The van der Waals surface area contributed by atoms with Gasteiger partial charge in [0.1, 0.15) is 11.3 Å². The lowest BCUT2D eigenvalue weighted by Crippen LogP contribution is -2.41. The summed E-state index contributed by atoms with van der Waals surface area (Å²) < 4.78 is 52.9. The van der Waals surface area contributed by atoms with Gasteiger partial charge in [-0.05, 0) is 57.4 Å². The maximum absolute atomic E-state index is 13.7. The lowest BCUT2D eigenvalue weighted by atomic mass is 9.93. The van der Waals surface area contributed by atoms with Gasteiger partial charge in [-0.15, -0.1) is 0 Å². The molecule has 0 aliphatic carbocycles. The number of ether oxygens (including phenoxy) is 2. The Kier molecular flexibility index (Phi) is 9.79. The molecule has 1 fully saturated rings. The van der Waals surface area contributed by atoms with Crippen LogP contribution in [-0.2, 0) is 22.9 Å². The first-order valence-corrected chi connectivity index (χ1v) is 15.4. The third-order valence-corrected chi connectivity index (χ3v) is 7.93. The van der Waals surface area contributed by atoms with Crippen LogP contribution in [-0.4, -0.2) is 46.1 Å². The molecule has 1 unspecified atom stereocenters. The van der Waals surface area contributed by atoms with Crippen LogP contribution in [0.15, 0.2) is 73.1 Å². The van der Waals surface area contributed by atoms with Gasteiger partial charge in [-0.1, -0.05) is 49.2 Å². The van der Waals surface area contributed by atoms with E-state index in [2.05, 4.69) is 15.3 Å². The molecule has 46 heavy (non-hydrogen) atoms. The first-order chi connectivity index (χ1) is 22.0. The number of benzene rings is 2. The minimum absolute atomic E-state index is 0.0390. The zero-order valence-electron chi connectivity index (χ0n) is 26.1. The normalized spacial score (nSPS) is 16.7. The van der Waals surface area contributed by atoms with E-state index in [0.29, 0.717) is 54.0 Å². The molecule has 5 rings (SSSR count). The number of alkyl halides is 3. The molecule has 0 bridgehead atoms. The van der Waals surface area contributed by atoms with Gasteiger partial charge in [0, 0.05) is 47.9 Å². The van der Waals surface area contributed by atoms with Gasteiger partial charge in [-0.3, -0.25) is 14.7 Å². The fourth-order valence-corrected chi connectivity index (χ4v) is 5.56. The molecule has 0 radical (unpaired) electrons. The van der Waals surface area contributed by atoms with Crippen LogP contribution in [0.3, 0.4) is 0 Å². The minimum atomic E-state index is -4.54. The van der Waals surface area contributed by atoms with Crippen molar-refractivity contribution in [2.75, 3.05) is 13.2 Å². The zero-order valence-corrected chi connectivity index (χ0v) is 26.1. The predicted octanol–water partition coefficient (Wildman–Crippen LogP) is 7.43. The predicted molar refractivity (Wildman–Crippen MR) is 168 cm³/mol. The monoisotopic (exact) mass is 634 g/mol. The maximum Gasteiger partial charge on any atom is 0.418 e. The molecule has 3 heterocycles. The van der Waals surface area contributed by atoms with Crippen molar-refractivity contribution < 1.29 is 32.2 Å². The number of fused-ring (bicyclic) bond motifs is 1. The average Bonchev–Trinajstić information content (AvgIpc) is 3.24. The van der Waals surface area contributed by atoms with Crippen LogP contribution in [0.25, 0.3) is 10.9 Å². The van der Waals surface area contributed by atoms with Gasteiger partial charge in [-0.2, -0.15) is 13.2 Å². The van der Waals surface area contributed by atoms with E-state index in [-0.39, 0.29) is 24.1 Å². The summed E-state index contributed by atoms with van der Waals surface area (Å²) in [4.78, 5) is 35.7. The number of nitrogens with zero attached hydrogens (tertiary/aromatic N) is 3. The summed E-state index contributed by atoms with van der Waals surface area (Å²) in [6, 6.07) is 16.6. The second-order valence-corrected chi connectivity index (χ2v) is 11.8. The van der Waals surface area contributed by atoms with E-state index in [9.17, 15) is 22.8 Å². The standard InChI is InChI=1S/C35H37F3N4O4/c1-23(2)46-29-17-16-26(22-39-29)34(3)32(43)42(33(44)41-34)18-9-4-5-10-19-45-31-25(20-24-12-7-6-8-13-24)21-40-30-27(31)14-11-15-28(30)35(36,37)38/h6-8,11-17,21-23H,4-5,9-10,18-20H2,1-3H3,(H,41,44). The summed E-state index contributed by atoms with van der Waals surface area (Å²) in [5.41, 5.74) is 0.108. The van der Waals surface area contributed by atoms with E-state index in [1.807, 2.05) is 44.2 Å². The SMILES string of the molecule is CC(C)Oc1ccc(C2(C)NC(=O)N(CCCCCCOc3c(Cc4ccccc4)cnc4c(C(F)(F)F)cccc34)C2=O)cn1. The first kappa shape index (κ1) is 32.7. The Hall–Kier alpha value is -4.67. The molecule has 0 spiro atoms. The number of imide groups is 1. The molecule has 2 aromatic carbocycles. The Morgan fingerprint density at radius 3 is 2.37 bits per heavy atom. The number of carbonyl (C=O) groups excluding carboxylic acids is 2. The van der Waals surface area contributed by atoms with E-state index in [1.54, 1.807) is 31.3 Å². The lowest BCUT2D eigenvalue weighted by Gasteiger charge is -2.22. The number of para-hydroxylation sites is 1. The van der Waals surface area contributed by atoms with Crippen molar-refractivity contribution in [3.8, 4) is 11.6 Å². The number of hydrogen-bond acceptors (Lipinski definition) is 6. The first-order valence-electron chi connectivity index (χ1n) is 15.4. The average molecular weight is 635 g/mol. The molecule has 1 saturated heterocycles. The van der Waals surface area contributed by atoms with Crippen LogP contribution in [0.2, 0.25) is 0 Å². The topological polar surface area (TPSA) is 93.6 Å². The molecular formula is C35H37F3N4O4. The van der Waals surface area contributed by atoms with E-state index in [0.717, 1.165) is 24.5 Å². The van der Waals surface area contributed by atoms with Gasteiger partial charge in [0.25, 0.3) is 5.91 Å². The van der Waals surface area contributed by atoms with Crippen LogP contribution >= 0.6 is 0 Å². The molecule has 11 heteroatoms. The summed E-state index contributed by atoms with van der Waals surface area (Å²) in [6.07, 6.45) is 1.60. The molecule has 1 aliphatic rings. The number of rotatable bonds is 13. The van der Waals surface area contributed by atoms with Crippen molar-refractivity contribution in [1.29, 1.82) is 0 Å². The number of hydrogen-bond donors (Lipinski definition) is 1. The van der Waals surface area contributed by atoms with Crippen molar-refractivity contribution in [3.63, 3.8) is 0 Å². The summed E-state index contributed by atoms with van der Waals surface area (Å²) in [5, 5.41) is 3.12. The largest absolute Gasteiger partial charge is 0.493 e. The van der Waals surface area contributed by atoms with E-state index >= 15 is 0 Å². The summed E-state index contributed by atoms with van der Waals surface area (Å²) in [5.74, 6) is 0.501. The maximum atomic E-state index is 13.7. The van der Waals surface area contributed by atoms with E-state index in [1.165, 1.54) is 17.2 Å². The Labute approximate surface area is 265 Å². The number of pyridine rings is 2. The number of amides is 3. The molecule has 1 aliphatic heterocycles. The fourth-order valence-electron chi connectivity index (χ4n) is 5.56. The summed E-state index contributed by atoms with van der Waals surface area (Å²) in [7, 11) is 0. The van der Waals surface area contributed by atoms with Crippen molar-refractivity contribution >= 4 is 22.8 Å². The minimum Gasteiger partial charge on any atom is -0.493 e. The number of urea groups is 1. The van der Waals surface area contributed by atoms with Crippen LogP contribution < -0.4 is 14.8 Å². The van der Waals surface area contributed by atoms with Crippen molar-refractivity contribution in [2.24, 2.45) is 0 Å². The van der Waals surface area contributed by atoms with Gasteiger partial charge >= 0.3 is 12.2 Å². The number of nitrogens with one attached hydrogen (secondary N) is 1. The lowest BCUT2D eigenvalue weighted by molar-refractivity contribution is -0.136. The molecule has 3 amide bonds. The molecule has 2 aromatic heterocycles. The van der Waals surface area contributed by atoms with Crippen LogP contribution in [0.4, 0.5) is 18.0 Å². The van der Waals surface area contributed by atoms with Gasteiger partial charge in [0.2, 0.25) is 5.88 Å². The Balaban J connectivity index is 1.17. The Morgan fingerprint density at radius 1 is 0.913 bits per heavy atom. The van der Waals surface area contributed by atoms with E-state index in [4.69, 9.17) is 9.47 Å².